The molecule has 0 unspecified atom stereocenters. The monoisotopic (exact) mass is 232 g/mol. The van der Waals surface area contributed by atoms with E-state index in [1.54, 1.807) is 6.92 Å². The van der Waals surface area contributed by atoms with Crippen LogP contribution < -0.4 is 10.5 Å². The van der Waals surface area contributed by atoms with Gasteiger partial charge >= 0.3 is 0 Å². The van der Waals surface area contributed by atoms with Crippen molar-refractivity contribution in [3.63, 3.8) is 0 Å². The molecule has 0 heterocycles. The van der Waals surface area contributed by atoms with Crippen LogP contribution in [0.1, 0.15) is 13.3 Å². The molecule has 0 spiro atoms. The summed E-state index contributed by atoms with van der Waals surface area (Å²) in [6.45, 7) is 1.73. The molecule has 1 rings (SSSR count). The first-order chi connectivity index (χ1) is 6.94. The van der Waals surface area contributed by atoms with Crippen LogP contribution in [0.25, 0.3) is 0 Å². The summed E-state index contributed by atoms with van der Waals surface area (Å²) in [6, 6.07) is 3.74. The first-order valence-electron chi connectivity index (χ1n) is 4.50. The Morgan fingerprint density at radius 1 is 1.47 bits per heavy atom. The number of nitrogen functional groups attached to an aromatic ring is 1. The zero-order chi connectivity index (χ0) is 11.5. The molecule has 0 saturated heterocycles. The van der Waals surface area contributed by atoms with E-state index in [0.29, 0.717) is 12.1 Å². The van der Waals surface area contributed by atoms with Gasteiger partial charge in [-0.15, -0.1) is 0 Å². The number of benzene rings is 1. The van der Waals surface area contributed by atoms with Crippen molar-refractivity contribution in [2.75, 3.05) is 16.2 Å². The zero-order valence-electron chi connectivity index (χ0n) is 8.33. The third kappa shape index (κ3) is 3.39. The summed E-state index contributed by atoms with van der Waals surface area (Å²) in [7, 11) is -3.47. The van der Waals surface area contributed by atoms with E-state index in [2.05, 4.69) is 4.72 Å². The summed E-state index contributed by atoms with van der Waals surface area (Å²) in [5.41, 5.74) is 5.62. The summed E-state index contributed by atoms with van der Waals surface area (Å²) in [5.74, 6) is -0.676. The van der Waals surface area contributed by atoms with Crippen molar-refractivity contribution in [2.45, 2.75) is 13.3 Å². The van der Waals surface area contributed by atoms with Gasteiger partial charge < -0.3 is 5.73 Å². The predicted molar refractivity (Wildman–Crippen MR) is 58.5 cm³/mol. The van der Waals surface area contributed by atoms with Gasteiger partial charge in [-0.25, -0.2) is 12.8 Å². The summed E-state index contributed by atoms with van der Waals surface area (Å²) in [4.78, 5) is 0. The van der Waals surface area contributed by atoms with Crippen molar-refractivity contribution >= 4 is 21.4 Å². The maximum Gasteiger partial charge on any atom is 0.232 e. The van der Waals surface area contributed by atoms with E-state index < -0.39 is 15.8 Å². The van der Waals surface area contributed by atoms with E-state index in [0.717, 1.165) is 6.07 Å². The molecular formula is C9H13FN2O2S. The molecule has 0 aliphatic heterocycles. The lowest BCUT2D eigenvalue weighted by atomic mass is 10.3. The van der Waals surface area contributed by atoms with Gasteiger partial charge in [0.15, 0.2) is 0 Å². The molecular weight excluding hydrogens is 219 g/mol. The lowest BCUT2D eigenvalue weighted by molar-refractivity contribution is 0.597. The van der Waals surface area contributed by atoms with Crippen LogP contribution in [-0.2, 0) is 10.0 Å². The average molecular weight is 232 g/mol. The van der Waals surface area contributed by atoms with E-state index in [1.165, 1.54) is 12.1 Å². The van der Waals surface area contributed by atoms with Crippen LogP contribution >= 0.6 is 0 Å². The molecule has 4 nitrogen and oxygen atoms in total. The second-order valence-electron chi connectivity index (χ2n) is 3.16. The Bertz CT molecular complexity index is 445. The molecule has 0 atom stereocenters. The summed E-state index contributed by atoms with van der Waals surface area (Å²) in [6.07, 6.45) is 0.471. The smallest absolute Gasteiger partial charge is 0.232 e. The molecule has 1 aromatic rings. The molecule has 0 aliphatic rings. The quantitative estimate of drug-likeness (QED) is 0.774. The van der Waals surface area contributed by atoms with Crippen molar-refractivity contribution in [1.82, 2.24) is 0 Å². The Morgan fingerprint density at radius 3 is 2.73 bits per heavy atom. The van der Waals surface area contributed by atoms with Gasteiger partial charge in [0, 0.05) is 5.69 Å². The molecule has 0 fully saturated rings. The highest BCUT2D eigenvalue weighted by molar-refractivity contribution is 7.92. The van der Waals surface area contributed by atoms with Crippen LogP contribution in [0.5, 0.6) is 0 Å². The topological polar surface area (TPSA) is 72.2 Å². The van der Waals surface area contributed by atoms with Crippen LogP contribution in [0, 0.1) is 5.82 Å². The van der Waals surface area contributed by atoms with Crippen molar-refractivity contribution in [3.8, 4) is 0 Å². The largest absolute Gasteiger partial charge is 0.399 e. The van der Waals surface area contributed by atoms with Gasteiger partial charge in [-0.3, -0.25) is 4.72 Å². The van der Waals surface area contributed by atoms with E-state index in [9.17, 15) is 12.8 Å². The van der Waals surface area contributed by atoms with Crippen molar-refractivity contribution in [3.05, 3.63) is 24.0 Å². The molecule has 0 aromatic heterocycles. The van der Waals surface area contributed by atoms with Gasteiger partial charge in [0.05, 0.1) is 11.4 Å². The third-order valence-electron chi connectivity index (χ3n) is 1.73. The Balaban J connectivity index is 2.94. The van der Waals surface area contributed by atoms with E-state index >= 15 is 0 Å². The fourth-order valence-electron chi connectivity index (χ4n) is 1.11. The molecule has 0 radical (unpaired) electrons. The van der Waals surface area contributed by atoms with Crippen molar-refractivity contribution < 1.29 is 12.8 Å². The number of nitrogens with one attached hydrogen (secondary N) is 1. The Kier molecular flexibility index (Phi) is 3.52. The second kappa shape index (κ2) is 4.48. The van der Waals surface area contributed by atoms with Crippen LogP contribution in [0.4, 0.5) is 15.8 Å². The fraction of sp³-hybridized carbons (Fsp3) is 0.333. The van der Waals surface area contributed by atoms with E-state index in [1.807, 2.05) is 0 Å². The molecule has 0 amide bonds. The minimum absolute atomic E-state index is 0.0404. The normalized spacial score (nSPS) is 11.3. The maximum absolute atomic E-state index is 13.2. The number of hydrogen-bond donors (Lipinski definition) is 2. The summed E-state index contributed by atoms with van der Waals surface area (Å²) < 4.78 is 38.0. The van der Waals surface area contributed by atoms with Gasteiger partial charge in [-0.1, -0.05) is 6.92 Å². The number of halogens is 1. The second-order valence-corrected chi connectivity index (χ2v) is 5.00. The first-order valence-corrected chi connectivity index (χ1v) is 6.15. The van der Waals surface area contributed by atoms with Crippen molar-refractivity contribution in [1.29, 1.82) is 0 Å². The minimum atomic E-state index is -3.47. The lowest BCUT2D eigenvalue weighted by Gasteiger charge is -2.08. The lowest BCUT2D eigenvalue weighted by Crippen LogP contribution is -2.17. The Labute approximate surface area is 88.3 Å². The number of nitrogens with two attached hydrogens (primary N) is 1. The van der Waals surface area contributed by atoms with E-state index in [4.69, 9.17) is 5.73 Å². The maximum atomic E-state index is 13.2. The zero-order valence-corrected chi connectivity index (χ0v) is 9.14. The molecule has 6 heteroatoms. The highest BCUT2D eigenvalue weighted by atomic mass is 32.2. The van der Waals surface area contributed by atoms with E-state index in [-0.39, 0.29) is 11.4 Å². The Hall–Kier alpha value is -1.30. The number of anilines is 2. The van der Waals surface area contributed by atoms with Gasteiger partial charge in [0.1, 0.15) is 5.82 Å². The highest BCUT2D eigenvalue weighted by Crippen LogP contribution is 2.18. The standard InChI is InChI=1S/C9H13FN2O2S/c1-2-5-15(13,14)12-9-6-7(11)3-4-8(9)10/h3-4,6,12H,2,5,11H2,1H3. The van der Waals surface area contributed by atoms with Crippen LogP contribution in [-0.4, -0.2) is 14.2 Å². The molecule has 0 bridgehead atoms. The van der Waals surface area contributed by atoms with Crippen LogP contribution in [0.15, 0.2) is 18.2 Å². The Morgan fingerprint density at radius 2 is 2.13 bits per heavy atom. The molecule has 0 saturated carbocycles. The molecule has 3 N–H and O–H groups in total. The SMILES string of the molecule is CCCS(=O)(=O)Nc1cc(N)ccc1F. The number of hydrogen-bond acceptors (Lipinski definition) is 3. The van der Waals surface area contributed by atoms with Crippen molar-refractivity contribution in [2.24, 2.45) is 0 Å². The van der Waals surface area contributed by atoms with Gasteiger partial charge in [-0.2, -0.15) is 0 Å². The number of sulfonamides is 1. The van der Waals surface area contributed by atoms with Gasteiger partial charge in [0.2, 0.25) is 10.0 Å². The van der Waals surface area contributed by atoms with Gasteiger partial charge in [-0.05, 0) is 24.6 Å². The number of rotatable bonds is 4. The minimum Gasteiger partial charge on any atom is -0.399 e. The molecule has 15 heavy (non-hydrogen) atoms. The summed E-state index contributed by atoms with van der Waals surface area (Å²) >= 11 is 0. The van der Waals surface area contributed by atoms with Gasteiger partial charge in [0.25, 0.3) is 0 Å². The van der Waals surface area contributed by atoms with Crippen LogP contribution in [0.3, 0.4) is 0 Å². The highest BCUT2D eigenvalue weighted by Gasteiger charge is 2.11. The molecule has 84 valence electrons. The average Bonchev–Trinajstić information content (AvgIpc) is 2.10. The fourth-order valence-corrected chi connectivity index (χ4v) is 2.24. The first kappa shape index (κ1) is 11.8. The summed E-state index contributed by atoms with van der Waals surface area (Å²) in [5, 5.41) is 0. The third-order valence-corrected chi connectivity index (χ3v) is 3.21. The predicted octanol–water partition coefficient (Wildman–Crippen LogP) is 1.56. The molecule has 1 aromatic carbocycles. The van der Waals surface area contributed by atoms with Crippen LogP contribution in [0.2, 0.25) is 0 Å². The molecule has 0 aliphatic carbocycles.